The molecule has 3 rings (SSSR count). The Morgan fingerprint density at radius 3 is 2.35 bits per heavy atom. The molecule has 0 radical (unpaired) electrons. The Morgan fingerprint density at radius 1 is 1.00 bits per heavy atom. The third-order valence-corrected chi connectivity index (χ3v) is 3.60. The van der Waals surface area contributed by atoms with E-state index in [2.05, 4.69) is 0 Å². The van der Waals surface area contributed by atoms with Gasteiger partial charge in [0.1, 0.15) is 5.78 Å². The van der Waals surface area contributed by atoms with Crippen LogP contribution in [0.15, 0.2) is 48.5 Å². The zero-order valence-electron chi connectivity index (χ0n) is 10.4. The zero-order chi connectivity index (χ0) is 14.3. The average Bonchev–Trinajstić information content (AvgIpc) is 2.73. The summed E-state index contributed by atoms with van der Waals surface area (Å²) in [6.45, 7) is 0. The van der Waals surface area contributed by atoms with Gasteiger partial charge < -0.3 is 0 Å². The minimum atomic E-state index is -4.39. The normalized spacial score (nSPS) is 18.1. The molecule has 1 unspecified atom stereocenters. The van der Waals surface area contributed by atoms with Gasteiger partial charge in [0.25, 0.3) is 0 Å². The van der Waals surface area contributed by atoms with E-state index in [-0.39, 0.29) is 12.2 Å². The SMILES string of the molecule is O=C1Cc2ccc(C(F)(F)F)cc2C1c1ccccc1. The highest BCUT2D eigenvalue weighted by atomic mass is 19.4. The molecule has 4 heteroatoms. The highest BCUT2D eigenvalue weighted by Gasteiger charge is 2.36. The summed E-state index contributed by atoms with van der Waals surface area (Å²) in [6.07, 6.45) is -4.19. The molecule has 0 bridgehead atoms. The summed E-state index contributed by atoms with van der Waals surface area (Å²) in [5.41, 5.74) is 1.22. The van der Waals surface area contributed by atoms with Crippen molar-refractivity contribution in [3.05, 3.63) is 70.8 Å². The summed E-state index contributed by atoms with van der Waals surface area (Å²) < 4.78 is 38.4. The van der Waals surface area contributed by atoms with Crippen molar-refractivity contribution < 1.29 is 18.0 Å². The highest BCUT2D eigenvalue weighted by Crippen LogP contribution is 2.39. The van der Waals surface area contributed by atoms with Crippen LogP contribution >= 0.6 is 0 Å². The molecule has 0 spiro atoms. The summed E-state index contributed by atoms with van der Waals surface area (Å²) in [4.78, 5) is 12.1. The molecule has 2 aromatic carbocycles. The van der Waals surface area contributed by atoms with Gasteiger partial charge in [-0.1, -0.05) is 36.4 Å². The number of carbonyl (C=O) groups is 1. The van der Waals surface area contributed by atoms with Crippen LogP contribution in [-0.2, 0) is 17.4 Å². The number of Topliss-reactive ketones (excluding diaryl/α,β-unsaturated/α-hetero) is 1. The van der Waals surface area contributed by atoms with E-state index in [1.54, 1.807) is 24.3 Å². The van der Waals surface area contributed by atoms with E-state index < -0.39 is 17.7 Å². The summed E-state index contributed by atoms with van der Waals surface area (Å²) in [5.74, 6) is -0.626. The van der Waals surface area contributed by atoms with Gasteiger partial charge in [-0.25, -0.2) is 0 Å². The Kier molecular flexibility index (Phi) is 2.89. The molecule has 1 nitrogen and oxygen atoms in total. The summed E-state index contributed by atoms with van der Waals surface area (Å²) in [5, 5.41) is 0. The second kappa shape index (κ2) is 4.47. The maximum Gasteiger partial charge on any atom is 0.416 e. The third-order valence-electron chi connectivity index (χ3n) is 3.60. The first-order valence-corrected chi connectivity index (χ1v) is 6.24. The first-order valence-electron chi connectivity index (χ1n) is 6.24. The molecular formula is C16H11F3O. The van der Waals surface area contributed by atoms with Gasteiger partial charge in [-0.2, -0.15) is 13.2 Å². The number of alkyl halides is 3. The Hall–Kier alpha value is -2.10. The van der Waals surface area contributed by atoms with Crippen molar-refractivity contribution in [2.75, 3.05) is 0 Å². The number of hydrogen-bond acceptors (Lipinski definition) is 1. The van der Waals surface area contributed by atoms with Gasteiger partial charge in [-0.3, -0.25) is 4.79 Å². The predicted molar refractivity (Wildman–Crippen MR) is 68.4 cm³/mol. The average molecular weight is 276 g/mol. The molecule has 0 aliphatic heterocycles. The van der Waals surface area contributed by atoms with E-state index >= 15 is 0 Å². The van der Waals surface area contributed by atoms with Crippen molar-refractivity contribution in [2.24, 2.45) is 0 Å². The molecule has 0 saturated heterocycles. The molecule has 0 N–H and O–H groups in total. The molecule has 0 saturated carbocycles. The molecule has 0 heterocycles. The van der Waals surface area contributed by atoms with Gasteiger partial charge in [-0.05, 0) is 28.8 Å². The minimum Gasteiger partial charge on any atom is -0.298 e. The largest absolute Gasteiger partial charge is 0.416 e. The molecule has 0 amide bonds. The van der Waals surface area contributed by atoms with Crippen molar-refractivity contribution in [3.63, 3.8) is 0 Å². The Labute approximate surface area is 114 Å². The van der Waals surface area contributed by atoms with E-state index in [0.29, 0.717) is 11.1 Å². The second-order valence-corrected chi connectivity index (χ2v) is 4.90. The maximum absolute atomic E-state index is 12.8. The van der Waals surface area contributed by atoms with Gasteiger partial charge >= 0.3 is 6.18 Å². The summed E-state index contributed by atoms with van der Waals surface area (Å²) >= 11 is 0. The molecular weight excluding hydrogens is 265 g/mol. The predicted octanol–water partition coefficient (Wildman–Crippen LogP) is 3.96. The number of fused-ring (bicyclic) bond motifs is 1. The summed E-state index contributed by atoms with van der Waals surface area (Å²) in [6, 6.07) is 12.5. The van der Waals surface area contributed by atoms with Crippen LogP contribution in [-0.4, -0.2) is 5.78 Å². The third kappa shape index (κ3) is 2.11. The van der Waals surface area contributed by atoms with Gasteiger partial charge in [0, 0.05) is 6.42 Å². The van der Waals surface area contributed by atoms with E-state index in [9.17, 15) is 18.0 Å². The number of rotatable bonds is 1. The lowest BCUT2D eigenvalue weighted by Crippen LogP contribution is -2.09. The molecule has 0 fully saturated rings. The highest BCUT2D eigenvalue weighted by molar-refractivity contribution is 5.95. The van der Waals surface area contributed by atoms with E-state index in [1.807, 2.05) is 6.07 Å². The maximum atomic E-state index is 12.8. The molecule has 1 aliphatic carbocycles. The van der Waals surface area contributed by atoms with Crippen molar-refractivity contribution in [1.82, 2.24) is 0 Å². The smallest absolute Gasteiger partial charge is 0.298 e. The van der Waals surface area contributed by atoms with Crippen LogP contribution in [0.3, 0.4) is 0 Å². The van der Waals surface area contributed by atoms with Crippen LogP contribution in [0.2, 0.25) is 0 Å². The standard InChI is InChI=1S/C16H11F3O/c17-16(18,19)12-7-6-11-8-14(20)15(13(11)9-12)10-4-2-1-3-5-10/h1-7,9,15H,8H2. The quantitative estimate of drug-likeness (QED) is 0.770. The molecule has 0 aromatic heterocycles. The van der Waals surface area contributed by atoms with E-state index in [1.165, 1.54) is 6.07 Å². The number of hydrogen-bond donors (Lipinski definition) is 0. The fraction of sp³-hybridized carbons (Fsp3) is 0.188. The topological polar surface area (TPSA) is 17.1 Å². The Balaban J connectivity index is 2.11. The van der Waals surface area contributed by atoms with Crippen LogP contribution in [0.25, 0.3) is 0 Å². The first kappa shape index (κ1) is 12.9. The Morgan fingerprint density at radius 2 is 1.70 bits per heavy atom. The van der Waals surface area contributed by atoms with E-state index in [4.69, 9.17) is 0 Å². The van der Waals surface area contributed by atoms with Crippen LogP contribution < -0.4 is 0 Å². The number of ketones is 1. The van der Waals surface area contributed by atoms with Gasteiger partial charge in [0.2, 0.25) is 0 Å². The number of halogens is 3. The fourth-order valence-electron chi connectivity index (χ4n) is 2.68. The lowest BCUT2D eigenvalue weighted by Gasteiger charge is -2.13. The molecule has 1 atom stereocenters. The van der Waals surface area contributed by atoms with Crippen molar-refractivity contribution in [1.29, 1.82) is 0 Å². The monoisotopic (exact) mass is 276 g/mol. The number of carbonyl (C=O) groups excluding carboxylic acids is 1. The molecule has 20 heavy (non-hydrogen) atoms. The molecule has 2 aromatic rings. The number of benzene rings is 2. The zero-order valence-corrected chi connectivity index (χ0v) is 10.4. The van der Waals surface area contributed by atoms with Gasteiger partial charge in [0.05, 0.1) is 11.5 Å². The van der Waals surface area contributed by atoms with Crippen LogP contribution in [0.1, 0.15) is 28.2 Å². The second-order valence-electron chi connectivity index (χ2n) is 4.90. The molecule has 1 aliphatic rings. The first-order chi connectivity index (χ1) is 9.47. The lowest BCUT2D eigenvalue weighted by molar-refractivity contribution is -0.137. The fourth-order valence-corrected chi connectivity index (χ4v) is 2.68. The van der Waals surface area contributed by atoms with Crippen molar-refractivity contribution in [2.45, 2.75) is 18.5 Å². The minimum absolute atomic E-state index is 0.0504. The van der Waals surface area contributed by atoms with Crippen LogP contribution in [0, 0.1) is 0 Å². The molecule has 102 valence electrons. The Bertz CT molecular complexity index is 659. The van der Waals surface area contributed by atoms with Gasteiger partial charge in [-0.15, -0.1) is 0 Å². The van der Waals surface area contributed by atoms with Crippen LogP contribution in [0.5, 0.6) is 0 Å². The van der Waals surface area contributed by atoms with Crippen LogP contribution in [0.4, 0.5) is 13.2 Å². The van der Waals surface area contributed by atoms with Crippen molar-refractivity contribution >= 4 is 5.78 Å². The summed E-state index contributed by atoms with van der Waals surface area (Å²) in [7, 11) is 0. The van der Waals surface area contributed by atoms with E-state index in [0.717, 1.165) is 17.7 Å². The van der Waals surface area contributed by atoms with Crippen molar-refractivity contribution in [3.8, 4) is 0 Å². The lowest BCUT2D eigenvalue weighted by atomic mass is 9.91. The van der Waals surface area contributed by atoms with Gasteiger partial charge in [0.15, 0.2) is 0 Å².